The van der Waals surface area contributed by atoms with Gasteiger partial charge in [0, 0.05) is 12.0 Å². The Bertz CT molecular complexity index is 329. The van der Waals surface area contributed by atoms with Gasteiger partial charge in [0.25, 0.3) is 0 Å². The average molecular weight is 272 g/mol. The molecule has 0 aromatic heterocycles. The Kier molecular flexibility index (Phi) is 8.24. The van der Waals surface area contributed by atoms with Crippen molar-refractivity contribution in [1.29, 1.82) is 0 Å². The minimum absolute atomic E-state index is 0.0245. The summed E-state index contributed by atoms with van der Waals surface area (Å²) in [7, 11) is 0. The first kappa shape index (κ1) is 17.2. The highest BCUT2D eigenvalue weighted by molar-refractivity contribution is 5.95. The topological polar surface area (TPSA) is 78.9 Å². The molecule has 0 aliphatic heterocycles. The molecule has 0 atom stereocenters. The molecule has 0 saturated carbocycles. The Morgan fingerprint density at radius 1 is 1.00 bits per heavy atom. The number of hydrogen-bond donors (Lipinski definition) is 0. The van der Waals surface area contributed by atoms with Gasteiger partial charge in [-0.25, -0.2) is 4.79 Å². The van der Waals surface area contributed by atoms with Gasteiger partial charge >= 0.3 is 17.9 Å². The van der Waals surface area contributed by atoms with E-state index in [1.807, 2.05) is 0 Å². The zero-order valence-electron chi connectivity index (χ0n) is 11.6. The van der Waals surface area contributed by atoms with Gasteiger partial charge in [-0.3, -0.25) is 9.59 Å². The maximum Gasteiger partial charge on any atom is 0.333 e. The van der Waals surface area contributed by atoms with Crippen molar-refractivity contribution in [2.75, 3.05) is 19.8 Å². The van der Waals surface area contributed by atoms with Crippen LogP contribution in [0.4, 0.5) is 0 Å². The summed E-state index contributed by atoms with van der Waals surface area (Å²) < 4.78 is 14.4. The molecule has 0 aliphatic rings. The maximum atomic E-state index is 11.6. The van der Waals surface area contributed by atoms with E-state index >= 15 is 0 Å². The molecule has 0 radical (unpaired) electrons. The number of ether oxygens (including phenoxy) is 3. The van der Waals surface area contributed by atoms with Crippen molar-refractivity contribution < 1.29 is 28.6 Å². The van der Waals surface area contributed by atoms with Crippen molar-refractivity contribution in [3.63, 3.8) is 0 Å². The summed E-state index contributed by atoms with van der Waals surface area (Å²) in [4.78, 5) is 34.3. The molecule has 19 heavy (non-hydrogen) atoms. The molecule has 0 amide bonds. The Labute approximate surface area is 112 Å². The number of rotatable bonds is 8. The second kappa shape index (κ2) is 9.13. The average Bonchev–Trinajstić information content (AvgIpc) is 2.34. The van der Waals surface area contributed by atoms with Crippen LogP contribution in [-0.4, -0.2) is 37.7 Å². The molecule has 0 aromatic rings. The van der Waals surface area contributed by atoms with Crippen molar-refractivity contribution >= 4 is 17.9 Å². The van der Waals surface area contributed by atoms with Gasteiger partial charge in [-0.15, -0.1) is 0 Å². The molecule has 0 spiro atoms. The van der Waals surface area contributed by atoms with Gasteiger partial charge in [0.05, 0.1) is 19.8 Å². The van der Waals surface area contributed by atoms with E-state index in [-0.39, 0.29) is 31.8 Å². The van der Waals surface area contributed by atoms with Crippen molar-refractivity contribution in [2.24, 2.45) is 5.92 Å². The zero-order valence-corrected chi connectivity index (χ0v) is 11.6. The minimum atomic E-state index is -1.07. The molecule has 6 heteroatoms. The van der Waals surface area contributed by atoms with Gasteiger partial charge < -0.3 is 14.2 Å². The van der Waals surface area contributed by atoms with E-state index in [0.29, 0.717) is 0 Å². The smallest absolute Gasteiger partial charge is 0.333 e. The number of carbonyl (C=O) groups is 3. The molecule has 0 unspecified atom stereocenters. The quantitative estimate of drug-likeness (QED) is 0.286. The second-order valence-electron chi connectivity index (χ2n) is 3.76. The fourth-order valence-corrected chi connectivity index (χ4v) is 1.21. The molecule has 0 bridgehead atoms. The lowest BCUT2D eigenvalue weighted by Gasteiger charge is -2.14. The van der Waals surface area contributed by atoms with Crippen LogP contribution in [-0.2, 0) is 28.6 Å². The van der Waals surface area contributed by atoms with Crippen LogP contribution >= 0.6 is 0 Å². The summed E-state index contributed by atoms with van der Waals surface area (Å²) in [5.41, 5.74) is 0.254. The summed E-state index contributed by atoms with van der Waals surface area (Å²) in [5.74, 6) is -2.98. The molecule has 0 N–H and O–H groups in total. The van der Waals surface area contributed by atoms with Crippen LogP contribution < -0.4 is 0 Å². The van der Waals surface area contributed by atoms with E-state index in [4.69, 9.17) is 14.2 Å². The first-order chi connectivity index (χ1) is 8.93. The van der Waals surface area contributed by atoms with E-state index in [9.17, 15) is 14.4 Å². The Balaban J connectivity index is 4.42. The van der Waals surface area contributed by atoms with Gasteiger partial charge in [0.2, 0.25) is 0 Å². The summed E-state index contributed by atoms with van der Waals surface area (Å²) in [6.07, 6.45) is 0.0245. The second-order valence-corrected chi connectivity index (χ2v) is 3.76. The third-order valence-electron chi connectivity index (χ3n) is 2.13. The Morgan fingerprint density at radius 3 is 1.84 bits per heavy atom. The zero-order chi connectivity index (χ0) is 14.8. The lowest BCUT2D eigenvalue weighted by molar-refractivity contribution is -0.163. The molecule has 0 fully saturated rings. The molecular weight excluding hydrogens is 252 g/mol. The summed E-state index contributed by atoms with van der Waals surface area (Å²) in [6.45, 7) is 8.47. The molecule has 6 nitrogen and oxygen atoms in total. The van der Waals surface area contributed by atoms with Crippen LogP contribution in [0.1, 0.15) is 27.2 Å². The molecular formula is C13H20O6. The number of hydrogen-bond acceptors (Lipinski definition) is 6. The van der Waals surface area contributed by atoms with Crippen LogP contribution in [0.25, 0.3) is 0 Å². The van der Waals surface area contributed by atoms with Crippen LogP contribution in [0.5, 0.6) is 0 Å². The molecule has 0 rings (SSSR count). The van der Waals surface area contributed by atoms with E-state index in [1.54, 1.807) is 13.8 Å². The van der Waals surface area contributed by atoms with Crippen molar-refractivity contribution in [2.45, 2.75) is 27.2 Å². The van der Waals surface area contributed by atoms with Gasteiger partial charge in [-0.05, 0) is 20.8 Å². The van der Waals surface area contributed by atoms with Gasteiger partial charge in [0.1, 0.15) is 0 Å². The maximum absolute atomic E-state index is 11.6. The molecule has 108 valence electrons. The fourth-order valence-electron chi connectivity index (χ4n) is 1.21. The van der Waals surface area contributed by atoms with Crippen LogP contribution in [0.2, 0.25) is 0 Å². The SMILES string of the molecule is C=C(C)C(=O)OCCC(C(=O)OCC)C(=O)OCC. The Morgan fingerprint density at radius 2 is 1.47 bits per heavy atom. The van der Waals surface area contributed by atoms with Crippen molar-refractivity contribution in [3.8, 4) is 0 Å². The van der Waals surface area contributed by atoms with Crippen LogP contribution in [0.3, 0.4) is 0 Å². The molecule has 0 heterocycles. The van der Waals surface area contributed by atoms with Crippen LogP contribution in [0, 0.1) is 5.92 Å². The molecule has 0 aliphatic carbocycles. The lowest BCUT2D eigenvalue weighted by Crippen LogP contribution is -2.29. The van der Waals surface area contributed by atoms with Gasteiger partial charge in [0.15, 0.2) is 5.92 Å². The first-order valence-electron chi connectivity index (χ1n) is 6.09. The minimum Gasteiger partial charge on any atom is -0.465 e. The highest BCUT2D eigenvalue weighted by Gasteiger charge is 2.29. The van der Waals surface area contributed by atoms with E-state index in [2.05, 4.69) is 6.58 Å². The van der Waals surface area contributed by atoms with E-state index < -0.39 is 23.8 Å². The third-order valence-corrected chi connectivity index (χ3v) is 2.13. The highest BCUT2D eigenvalue weighted by atomic mass is 16.6. The van der Waals surface area contributed by atoms with Crippen LogP contribution in [0.15, 0.2) is 12.2 Å². The number of carbonyl (C=O) groups excluding carboxylic acids is 3. The summed E-state index contributed by atoms with van der Waals surface area (Å²) in [6, 6.07) is 0. The predicted octanol–water partition coefficient (Wildman–Crippen LogP) is 1.24. The largest absolute Gasteiger partial charge is 0.465 e. The monoisotopic (exact) mass is 272 g/mol. The third kappa shape index (κ3) is 6.59. The summed E-state index contributed by atoms with van der Waals surface area (Å²) in [5, 5.41) is 0. The Hall–Kier alpha value is -1.85. The number of esters is 3. The first-order valence-corrected chi connectivity index (χ1v) is 6.09. The summed E-state index contributed by atoms with van der Waals surface area (Å²) >= 11 is 0. The van der Waals surface area contributed by atoms with Gasteiger partial charge in [-0.2, -0.15) is 0 Å². The van der Waals surface area contributed by atoms with Gasteiger partial charge in [-0.1, -0.05) is 6.58 Å². The predicted molar refractivity (Wildman–Crippen MR) is 67.1 cm³/mol. The van der Waals surface area contributed by atoms with Crippen molar-refractivity contribution in [1.82, 2.24) is 0 Å². The van der Waals surface area contributed by atoms with E-state index in [1.165, 1.54) is 6.92 Å². The molecule has 0 saturated heterocycles. The molecule has 0 aromatic carbocycles. The van der Waals surface area contributed by atoms with E-state index in [0.717, 1.165) is 0 Å². The highest BCUT2D eigenvalue weighted by Crippen LogP contribution is 2.10. The standard InChI is InChI=1S/C13H20O6/c1-5-17-12(15)10(13(16)18-6-2)7-8-19-11(14)9(3)4/h10H,3,5-8H2,1-2,4H3. The lowest BCUT2D eigenvalue weighted by atomic mass is 10.1. The van der Waals surface area contributed by atoms with Crippen molar-refractivity contribution in [3.05, 3.63) is 12.2 Å². The normalized spacial score (nSPS) is 9.89. The fraction of sp³-hybridized carbons (Fsp3) is 0.615.